The lowest BCUT2D eigenvalue weighted by molar-refractivity contribution is -0.384. The SMILES string of the molecule is CNCc1cccc([N+](=O)[O-])c1.O=C1NCCO1. The predicted octanol–water partition coefficient (Wildman–Crippen LogP) is 1.04. The van der Waals surface area contributed by atoms with E-state index in [0.717, 1.165) is 5.56 Å². The van der Waals surface area contributed by atoms with Crippen LogP contribution in [0.4, 0.5) is 10.5 Å². The summed E-state index contributed by atoms with van der Waals surface area (Å²) in [6.45, 7) is 1.85. The van der Waals surface area contributed by atoms with E-state index in [1.807, 2.05) is 6.07 Å². The van der Waals surface area contributed by atoms with Gasteiger partial charge in [0.25, 0.3) is 5.69 Å². The Hall–Kier alpha value is -2.15. The molecule has 2 N–H and O–H groups in total. The maximum Gasteiger partial charge on any atom is 0.407 e. The summed E-state index contributed by atoms with van der Waals surface area (Å²) < 4.78 is 4.40. The molecule has 1 amide bonds. The zero-order valence-electron chi connectivity index (χ0n) is 10.0. The second kappa shape index (κ2) is 7.23. The van der Waals surface area contributed by atoms with Crippen LogP contribution in [0.2, 0.25) is 0 Å². The van der Waals surface area contributed by atoms with E-state index in [2.05, 4.69) is 15.4 Å². The highest BCUT2D eigenvalue weighted by Crippen LogP contribution is 2.12. The van der Waals surface area contributed by atoms with Crippen LogP contribution in [0, 0.1) is 10.1 Å². The highest BCUT2D eigenvalue weighted by molar-refractivity contribution is 5.68. The van der Waals surface area contributed by atoms with Gasteiger partial charge in [-0.05, 0) is 12.6 Å². The van der Waals surface area contributed by atoms with Crippen LogP contribution in [0.1, 0.15) is 5.56 Å². The predicted molar refractivity (Wildman–Crippen MR) is 65.2 cm³/mol. The summed E-state index contributed by atoms with van der Waals surface area (Å²) in [6.07, 6.45) is -0.296. The van der Waals surface area contributed by atoms with Gasteiger partial charge in [-0.1, -0.05) is 12.1 Å². The van der Waals surface area contributed by atoms with E-state index in [9.17, 15) is 14.9 Å². The van der Waals surface area contributed by atoms with Gasteiger partial charge in [0.15, 0.2) is 0 Å². The highest BCUT2D eigenvalue weighted by atomic mass is 16.6. The number of cyclic esters (lactones) is 1. The molecule has 1 heterocycles. The van der Waals surface area contributed by atoms with Gasteiger partial charge in [-0.3, -0.25) is 10.1 Å². The molecule has 0 radical (unpaired) electrons. The standard InChI is InChI=1S/C8H10N2O2.C3H5NO2/c1-9-6-7-3-2-4-8(5-7)10(11)12;5-3-4-1-2-6-3/h2-5,9H,6H2,1H3;1-2H2,(H,4,5). The van der Waals surface area contributed by atoms with Crippen LogP contribution < -0.4 is 10.6 Å². The average Bonchev–Trinajstić information content (AvgIpc) is 2.82. The number of carbonyl (C=O) groups excluding carboxylic acids is 1. The summed E-state index contributed by atoms with van der Waals surface area (Å²) in [4.78, 5) is 19.9. The molecule has 2 rings (SSSR count). The quantitative estimate of drug-likeness (QED) is 0.620. The molecular weight excluding hydrogens is 238 g/mol. The molecule has 1 aliphatic rings. The van der Waals surface area contributed by atoms with Crippen LogP contribution in [0.15, 0.2) is 24.3 Å². The average molecular weight is 253 g/mol. The van der Waals surface area contributed by atoms with Gasteiger partial charge in [-0.15, -0.1) is 0 Å². The minimum Gasteiger partial charge on any atom is -0.448 e. The molecule has 0 aliphatic carbocycles. The molecule has 0 aromatic heterocycles. The number of rotatable bonds is 3. The zero-order chi connectivity index (χ0) is 13.4. The number of alkyl carbamates (subject to hydrolysis) is 1. The first-order valence-electron chi connectivity index (χ1n) is 5.42. The summed E-state index contributed by atoms with van der Waals surface area (Å²) in [5, 5.41) is 15.7. The first-order chi connectivity index (χ1) is 8.63. The van der Waals surface area contributed by atoms with Crippen LogP contribution in [0.25, 0.3) is 0 Å². The van der Waals surface area contributed by atoms with Crippen molar-refractivity contribution in [1.82, 2.24) is 10.6 Å². The summed E-state index contributed by atoms with van der Waals surface area (Å²) in [6, 6.07) is 6.59. The number of nitrogens with one attached hydrogen (secondary N) is 2. The highest BCUT2D eigenvalue weighted by Gasteiger charge is 2.06. The first kappa shape index (κ1) is 13.9. The van der Waals surface area contributed by atoms with Crippen molar-refractivity contribution in [1.29, 1.82) is 0 Å². The summed E-state index contributed by atoms with van der Waals surface area (Å²) in [5.74, 6) is 0. The van der Waals surface area contributed by atoms with Crippen molar-refractivity contribution in [3.05, 3.63) is 39.9 Å². The molecule has 1 fully saturated rings. The number of carbonyl (C=O) groups is 1. The molecule has 98 valence electrons. The first-order valence-corrected chi connectivity index (χ1v) is 5.42. The van der Waals surface area contributed by atoms with Crippen molar-refractivity contribution in [2.45, 2.75) is 6.54 Å². The van der Waals surface area contributed by atoms with Gasteiger partial charge in [0.1, 0.15) is 6.61 Å². The maximum absolute atomic E-state index is 10.3. The second-order valence-corrected chi connectivity index (χ2v) is 3.52. The minimum atomic E-state index is -0.390. The van der Waals surface area contributed by atoms with Gasteiger partial charge in [-0.25, -0.2) is 4.79 Å². The number of benzene rings is 1. The topological polar surface area (TPSA) is 93.5 Å². The lowest BCUT2D eigenvalue weighted by Gasteiger charge is -1.98. The Labute approximate surface area is 104 Å². The van der Waals surface area contributed by atoms with Crippen molar-refractivity contribution < 1.29 is 14.5 Å². The summed E-state index contributed by atoms with van der Waals surface area (Å²) in [7, 11) is 1.80. The number of nitrogens with zero attached hydrogens (tertiary/aromatic N) is 1. The molecule has 0 atom stereocenters. The molecule has 1 aliphatic heterocycles. The Kier molecular flexibility index (Phi) is 5.59. The molecule has 0 spiro atoms. The maximum atomic E-state index is 10.3. The molecule has 0 saturated carbocycles. The van der Waals surface area contributed by atoms with E-state index in [1.165, 1.54) is 6.07 Å². The molecule has 0 unspecified atom stereocenters. The largest absolute Gasteiger partial charge is 0.448 e. The second-order valence-electron chi connectivity index (χ2n) is 3.52. The Morgan fingerprint density at radius 1 is 1.56 bits per heavy atom. The van der Waals surface area contributed by atoms with Crippen LogP contribution in [0.3, 0.4) is 0 Å². The number of hydrogen-bond donors (Lipinski definition) is 2. The van der Waals surface area contributed by atoms with E-state index < -0.39 is 0 Å². The van der Waals surface area contributed by atoms with Crippen LogP contribution in [0.5, 0.6) is 0 Å². The molecule has 1 aromatic rings. The van der Waals surface area contributed by atoms with E-state index >= 15 is 0 Å². The van der Waals surface area contributed by atoms with Crippen LogP contribution in [-0.2, 0) is 11.3 Å². The fourth-order valence-corrected chi connectivity index (χ4v) is 1.33. The number of amides is 1. The van der Waals surface area contributed by atoms with E-state index in [0.29, 0.717) is 19.7 Å². The monoisotopic (exact) mass is 253 g/mol. The van der Waals surface area contributed by atoms with E-state index in [-0.39, 0.29) is 16.7 Å². The Morgan fingerprint density at radius 3 is 2.78 bits per heavy atom. The Balaban J connectivity index is 0.000000225. The van der Waals surface area contributed by atoms with Crippen LogP contribution >= 0.6 is 0 Å². The normalized spacial score (nSPS) is 13.1. The summed E-state index contributed by atoms with van der Waals surface area (Å²) >= 11 is 0. The third-order valence-electron chi connectivity index (χ3n) is 2.11. The molecule has 7 nitrogen and oxygen atoms in total. The molecule has 0 bridgehead atoms. The van der Waals surface area contributed by atoms with Gasteiger partial charge < -0.3 is 15.4 Å². The van der Waals surface area contributed by atoms with Crippen molar-refractivity contribution in [2.75, 3.05) is 20.2 Å². The number of non-ortho nitro benzene ring substituents is 1. The van der Waals surface area contributed by atoms with Crippen molar-refractivity contribution >= 4 is 11.8 Å². The minimum absolute atomic E-state index is 0.141. The van der Waals surface area contributed by atoms with Gasteiger partial charge in [0.05, 0.1) is 11.5 Å². The smallest absolute Gasteiger partial charge is 0.407 e. The third kappa shape index (κ3) is 4.79. The lowest BCUT2D eigenvalue weighted by atomic mass is 10.2. The van der Waals surface area contributed by atoms with Crippen molar-refractivity contribution in [3.63, 3.8) is 0 Å². The lowest BCUT2D eigenvalue weighted by Crippen LogP contribution is -2.11. The van der Waals surface area contributed by atoms with Gasteiger partial charge >= 0.3 is 6.09 Å². The number of ether oxygens (including phenoxy) is 1. The van der Waals surface area contributed by atoms with E-state index in [4.69, 9.17) is 0 Å². The number of nitro groups is 1. The molecule has 1 saturated heterocycles. The van der Waals surface area contributed by atoms with Crippen LogP contribution in [-0.4, -0.2) is 31.2 Å². The van der Waals surface area contributed by atoms with Gasteiger partial charge in [0.2, 0.25) is 0 Å². The number of hydrogen-bond acceptors (Lipinski definition) is 5. The molecule has 1 aromatic carbocycles. The third-order valence-corrected chi connectivity index (χ3v) is 2.11. The van der Waals surface area contributed by atoms with E-state index in [1.54, 1.807) is 19.2 Å². The molecule has 7 heteroatoms. The summed E-state index contributed by atoms with van der Waals surface area (Å²) in [5.41, 5.74) is 1.06. The molecule has 18 heavy (non-hydrogen) atoms. The number of nitro benzene ring substituents is 1. The van der Waals surface area contributed by atoms with Gasteiger partial charge in [0, 0.05) is 18.7 Å². The van der Waals surface area contributed by atoms with Crippen molar-refractivity contribution in [3.8, 4) is 0 Å². The van der Waals surface area contributed by atoms with Gasteiger partial charge in [-0.2, -0.15) is 0 Å². The Morgan fingerprint density at radius 2 is 2.33 bits per heavy atom. The fourth-order valence-electron chi connectivity index (χ4n) is 1.33. The van der Waals surface area contributed by atoms with Crippen molar-refractivity contribution in [2.24, 2.45) is 0 Å². The zero-order valence-corrected chi connectivity index (χ0v) is 10.0. The molecular formula is C11H15N3O4. The fraction of sp³-hybridized carbons (Fsp3) is 0.364. The Bertz CT molecular complexity index is 415.